The van der Waals surface area contributed by atoms with E-state index < -0.39 is 11.8 Å². The minimum Gasteiger partial charge on any atom is -0.493 e. The molecule has 0 aliphatic rings. The average molecular weight is 338 g/mol. The number of hydrogen-bond acceptors (Lipinski definition) is 6. The molecular weight excluding hydrogens is 316 g/mol. The molecule has 3 N–H and O–H groups in total. The molecule has 24 heavy (non-hydrogen) atoms. The van der Waals surface area contributed by atoms with Crippen LogP contribution in [-0.4, -0.2) is 45.0 Å². The molecule has 8 nitrogen and oxygen atoms in total. The summed E-state index contributed by atoms with van der Waals surface area (Å²) in [6.07, 6.45) is 0. The highest BCUT2D eigenvalue weighted by molar-refractivity contribution is 5.98. The maximum Gasteiger partial charge on any atom is 0.255 e. The number of hydrogen-bond donors (Lipinski definition) is 2. The number of nitrogens with two attached hydrogens (primary N) is 1. The number of nitrogens with one attached hydrogen (secondary N) is 1. The van der Waals surface area contributed by atoms with Gasteiger partial charge >= 0.3 is 0 Å². The van der Waals surface area contributed by atoms with Gasteiger partial charge in [-0.2, -0.15) is 0 Å². The lowest BCUT2D eigenvalue weighted by atomic mass is 10.1. The Kier molecular flexibility index (Phi) is 7.03. The summed E-state index contributed by atoms with van der Waals surface area (Å²) < 4.78 is 15.6. The monoisotopic (exact) mass is 338 g/mol. The summed E-state index contributed by atoms with van der Waals surface area (Å²) in [6, 6.07) is 2.85. The van der Waals surface area contributed by atoms with Gasteiger partial charge in [0.15, 0.2) is 23.9 Å². The van der Waals surface area contributed by atoms with Crippen LogP contribution in [-0.2, 0) is 9.59 Å². The van der Waals surface area contributed by atoms with E-state index in [2.05, 4.69) is 5.32 Å². The van der Waals surface area contributed by atoms with Gasteiger partial charge in [0.1, 0.15) is 0 Å². The Hall–Kier alpha value is -2.77. The standard InChI is InChI=1S/C16H22N2O6/c1-9(2)11(19)7-18-16(21)10-5-12(22-3)15(13(6-10)23-4)24-8-14(17)20/h5-6,9H,7-8H2,1-4H3,(H2,17,20)(H,18,21). The van der Waals surface area contributed by atoms with Crippen molar-refractivity contribution >= 4 is 17.6 Å². The molecule has 0 bridgehead atoms. The Balaban J connectivity index is 3.02. The van der Waals surface area contributed by atoms with E-state index in [-0.39, 0.29) is 47.7 Å². The zero-order valence-electron chi connectivity index (χ0n) is 14.2. The van der Waals surface area contributed by atoms with Gasteiger partial charge in [-0.15, -0.1) is 0 Å². The molecule has 0 aliphatic heterocycles. The van der Waals surface area contributed by atoms with Crippen molar-refractivity contribution in [2.24, 2.45) is 11.7 Å². The molecule has 0 aliphatic carbocycles. The lowest BCUT2D eigenvalue weighted by Gasteiger charge is -2.15. The van der Waals surface area contributed by atoms with Gasteiger partial charge in [-0.05, 0) is 12.1 Å². The Labute approximate surface area is 140 Å². The summed E-state index contributed by atoms with van der Waals surface area (Å²) in [5.74, 6) is -0.793. The lowest BCUT2D eigenvalue weighted by molar-refractivity contribution is -0.121. The highest BCUT2D eigenvalue weighted by atomic mass is 16.5. The maximum atomic E-state index is 12.2. The van der Waals surface area contributed by atoms with Gasteiger partial charge in [0.2, 0.25) is 5.75 Å². The maximum absolute atomic E-state index is 12.2. The molecule has 0 unspecified atom stereocenters. The second kappa shape index (κ2) is 8.76. The van der Waals surface area contributed by atoms with E-state index in [1.165, 1.54) is 26.4 Å². The molecule has 0 atom stereocenters. The van der Waals surface area contributed by atoms with E-state index >= 15 is 0 Å². The summed E-state index contributed by atoms with van der Waals surface area (Å²) in [5.41, 5.74) is 5.28. The van der Waals surface area contributed by atoms with Crippen molar-refractivity contribution in [3.05, 3.63) is 17.7 Å². The first-order valence-electron chi connectivity index (χ1n) is 7.28. The first-order chi connectivity index (χ1) is 11.3. The summed E-state index contributed by atoms with van der Waals surface area (Å²) in [4.78, 5) is 34.7. The Morgan fingerprint density at radius 1 is 1.12 bits per heavy atom. The fraction of sp³-hybridized carbons (Fsp3) is 0.438. The van der Waals surface area contributed by atoms with Crippen molar-refractivity contribution in [3.8, 4) is 17.2 Å². The summed E-state index contributed by atoms with van der Waals surface area (Å²) in [7, 11) is 2.77. The van der Waals surface area contributed by atoms with Crippen LogP contribution in [0.1, 0.15) is 24.2 Å². The number of benzene rings is 1. The SMILES string of the molecule is COc1cc(C(=O)NCC(=O)C(C)C)cc(OC)c1OCC(N)=O. The largest absolute Gasteiger partial charge is 0.493 e. The van der Waals surface area contributed by atoms with Crippen LogP contribution in [0.4, 0.5) is 0 Å². The van der Waals surface area contributed by atoms with E-state index in [0.29, 0.717) is 0 Å². The minimum absolute atomic E-state index is 0.0684. The topological polar surface area (TPSA) is 117 Å². The highest BCUT2D eigenvalue weighted by Crippen LogP contribution is 2.38. The molecule has 132 valence electrons. The number of rotatable bonds is 9. The van der Waals surface area contributed by atoms with Gasteiger partial charge in [-0.1, -0.05) is 13.8 Å². The molecule has 1 aromatic carbocycles. The molecule has 8 heteroatoms. The number of primary amides is 1. The smallest absolute Gasteiger partial charge is 0.255 e. The summed E-state index contributed by atoms with van der Waals surface area (Å²) in [6.45, 7) is 3.08. The molecule has 0 heterocycles. The van der Waals surface area contributed by atoms with Crippen molar-refractivity contribution in [3.63, 3.8) is 0 Å². The van der Waals surface area contributed by atoms with Gasteiger partial charge < -0.3 is 25.3 Å². The third-order valence-corrected chi connectivity index (χ3v) is 3.15. The molecule has 0 radical (unpaired) electrons. The second-order valence-corrected chi connectivity index (χ2v) is 5.27. The van der Waals surface area contributed by atoms with E-state index in [0.717, 1.165) is 0 Å². The van der Waals surface area contributed by atoms with Crippen LogP contribution in [0.25, 0.3) is 0 Å². The van der Waals surface area contributed by atoms with Crippen LogP contribution in [0.15, 0.2) is 12.1 Å². The molecule has 0 fully saturated rings. The van der Waals surface area contributed by atoms with Crippen molar-refractivity contribution < 1.29 is 28.6 Å². The van der Waals surface area contributed by atoms with Gasteiger partial charge in [-0.25, -0.2) is 0 Å². The fourth-order valence-electron chi connectivity index (χ4n) is 1.77. The number of methoxy groups -OCH3 is 2. The van der Waals surface area contributed by atoms with Gasteiger partial charge in [0, 0.05) is 11.5 Å². The molecular formula is C16H22N2O6. The summed E-state index contributed by atoms with van der Waals surface area (Å²) in [5, 5.41) is 2.54. The molecule has 1 aromatic rings. The zero-order valence-corrected chi connectivity index (χ0v) is 14.2. The quantitative estimate of drug-likeness (QED) is 0.678. The first kappa shape index (κ1) is 19.3. The normalized spacial score (nSPS) is 10.2. The molecule has 2 amide bonds. The number of ketones is 1. The van der Waals surface area contributed by atoms with E-state index in [1.54, 1.807) is 13.8 Å². The third-order valence-electron chi connectivity index (χ3n) is 3.15. The predicted molar refractivity (Wildman–Crippen MR) is 86.4 cm³/mol. The number of amides is 2. The van der Waals surface area contributed by atoms with Gasteiger partial charge in [-0.3, -0.25) is 14.4 Å². The molecule has 1 rings (SSSR count). The lowest BCUT2D eigenvalue weighted by Crippen LogP contribution is -2.31. The van der Waals surface area contributed by atoms with Crippen LogP contribution < -0.4 is 25.3 Å². The van der Waals surface area contributed by atoms with Crippen molar-refractivity contribution in [2.75, 3.05) is 27.4 Å². The number of ether oxygens (including phenoxy) is 3. The summed E-state index contributed by atoms with van der Waals surface area (Å²) >= 11 is 0. The van der Waals surface area contributed by atoms with E-state index in [9.17, 15) is 14.4 Å². The van der Waals surface area contributed by atoms with Crippen molar-refractivity contribution in [2.45, 2.75) is 13.8 Å². The van der Waals surface area contributed by atoms with Crippen molar-refractivity contribution in [1.29, 1.82) is 0 Å². The first-order valence-corrected chi connectivity index (χ1v) is 7.28. The van der Waals surface area contributed by atoms with Crippen LogP contribution in [0, 0.1) is 5.92 Å². The minimum atomic E-state index is -0.659. The number of Topliss-reactive ketones (excluding diaryl/α,β-unsaturated/α-hetero) is 1. The number of carbonyl (C=O) groups excluding carboxylic acids is 3. The van der Waals surface area contributed by atoms with Gasteiger partial charge in [0.25, 0.3) is 11.8 Å². The Bertz CT molecular complexity index is 602. The van der Waals surface area contributed by atoms with Gasteiger partial charge in [0.05, 0.1) is 20.8 Å². The second-order valence-electron chi connectivity index (χ2n) is 5.27. The van der Waals surface area contributed by atoms with Crippen LogP contribution in [0.5, 0.6) is 17.2 Å². The Morgan fingerprint density at radius 3 is 2.08 bits per heavy atom. The Morgan fingerprint density at radius 2 is 1.67 bits per heavy atom. The average Bonchev–Trinajstić information content (AvgIpc) is 2.56. The predicted octanol–water partition coefficient (Wildman–Crippen LogP) is 0.523. The number of carbonyl (C=O) groups is 3. The molecule has 0 aromatic heterocycles. The van der Waals surface area contributed by atoms with E-state index in [1.807, 2.05) is 0 Å². The van der Waals surface area contributed by atoms with Crippen LogP contribution in [0.3, 0.4) is 0 Å². The van der Waals surface area contributed by atoms with Crippen LogP contribution in [0.2, 0.25) is 0 Å². The highest BCUT2D eigenvalue weighted by Gasteiger charge is 2.19. The molecule has 0 saturated carbocycles. The van der Waals surface area contributed by atoms with E-state index in [4.69, 9.17) is 19.9 Å². The van der Waals surface area contributed by atoms with Crippen LogP contribution >= 0.6 is 0 Å². The molecule has 0 saturated heterocycles. The van der Waals surface area contributed by atoms with Crippen molar-refractivity contribution in [1.82, 2.24) is 5.32 Å². The third kappa shape index (κ3) is 5.15. The molecule has 0 spiro atoms. The zero-order chi connectivity index (χ0) is 18.3. The fourth-order valence-corrected chi connectivity index (χ4v) is 1.77.